The molecule has 0 saturated heterocycles. The van der Waals surface area contributed by atoms with Crippen LogP contribution in [-0.2, 0) is 4.74 Å². The van der Waals surface area contributed by atoms with E-state index in [9.17, 15) is 0 Å². The van der Waals surface area contributed by atoms with Gasteiger partial charge in [-0.05, 0) is 18.2 Å². The summed E-state index contributed by atoms with van der Waals surface area (Å²) in [6.45, 7) is 0. The second kappa shape index (κ2) is 2.77. The van der Waals surface area contributed by atoms with Gasteiger partial charge in [-0.15, -0.1) is 0 Å². The molecule has 0 fully saturated rings. The highest BCUT2D eigenvalue weighted by Gasteiger charge is 2.19. The number of ether oxygens (including phenoxy) is 2. The van der Waals surface area contributed by atoms with E-state index < -0.39 is 0 Å². The first-order valence-electron chi connectivity index (χ1n) is 4.45. The zero-order chi connectivity index (χ0) is 9.38. The summed E-state index contributed by atoms with van der Waals surface area (Å²) in [5, 5.41) is 0. The number of para-hydroxylation sites is 1. The molecule has 14 heavy (non-hydrogen) atoms. The summed E-state index contributed by atoms with van der Waals surface area (Å²) in [4.78, 5) is 0. The number of hydrogen-bond donors (Lipinski definition) is 0. The molecule has 68 valence electrons. The lowest BCUT2D eigenvalue weighted by atomic mass is 10.0. The molecular formula is C12H8O2. The lowest BCUT2D eigenvalue weighted by molar-refractivity contribution is 0.335. The van der Waals surface area contributed by atoms with Gasteiger partial charge in [0.2, 0.25) is 0 Å². The topological polar surface area (TPSA) is 18.5 Å². The van der Waals surface area contributed by atoms with Crippen molar-refractivity contribution in [1.82, 2.24) is 0 Å². The zero-order valence-electron chi connectivity index (χ0n) is 7.44. The number of benzene rings is 1. The molecular weight excluding hydrogens is 176 g/mol. The molecule has 0 unspecified atom stereocenters. The first-order chi connectivity index (χ1) is 6.95. The maximum absolute atomic E-state index is 5.43. The normalized spacial score (nSPS) is 16.9. The van der Waals surface area contributed by atoms with Crippen molar-refractivity contribution in [1.29, 1.82) is 0 Å². The van der Waals surface area contributed by atoms with Gasteiger partial charge in [-0.3, -0.25) is 0 Å². The van der Waals surface area contributed by atoms with Crippen LogP contribution in [0.25, 0.3) is 5.57 Å². The standard InChI is InChI=1S/C12H8O2/c1-2-6-11-9(4-1)10-5-3-7-13-12(10)8-14-11/h1-8H. The smallest absolute Gasteiger partial charge is 0.169 e. The Kier molecular flexibility index (Phi) is 1.47. The van der Waals surface area contributed by atoms with E-state index in [1.54, 1.807) is 12.5 Å². The molecule has 0 aromatic heterocycles. The first-order valence-corrected chi connectivity index (χ1v) is 4.45. The van der Waals surface area contributed by atoms with E-state index in [1.807, 2.05) is 36.4 Å². The molecule has 0 aliphatic carbocycles. The highest BCUT2D eigenvalue weighted by molar-refractivity contribution is 5.83. The van der Waals surface area contributed by atoms with Gasteiger partial charge < -0.3 is 9.47 Å². The molecule has 0 saturated carbocycles. The maximum atomic E-state index is 5.43. The van der Waals surface area contributed by atoms with Crippen molar-refractivity contribution < 1.29 is 9.47 Å². The van der Waals surface area contributed by atoms with Crippen molar-refractivity contribution in [3.8, 4) is 5.75 Å². The van der Waals surface area contributed by atoms with E-state index in [4.69, 9.17) is 9.47 Å². The van der Waals surface area contributed by atoms with E-state index in [0.29, 0.717) is 0 Å². The van der Waals surface area contributed by atoms with Crippen LogP contribution in [0.15, 0.2) is 54.7 Å². The minimum absolute atomic E-state index is 0.770. The quantitative estimate of drug-likeness (QED) is 0.617. The predicted octanol–water partition coefficient (Wildman–Crippen LogP) is 2.85. The first kappa shape index (κ1) is 7.44. The molecule has 1 aromatic rings. The van der Waals surface area contributed by atoms with Gasteiger partial charge in [0.05, 0.1) is 6.26 Å². The number of hydrogen-bond acceptors (Lipinski definition) is 2. The van der Waals surface area contributed by atoms with E-state index in [2.05, 4.69) is 0 Å². The fourth-order valence-electron chi connectivity index (χ4n) is 1.62. The highest BCUT2D eigenvalue weighted by atomic mass is 16.5. The molecule has 2 aliphatic heterocycles. The third kappa shape index (κ3) is 0.973. The monoisotopic (exact) mass is 184 g/mol. The van der Waals surface area contributed by atoms with Gasteiger partial charge in [0.25, 0.3) is 0 Å². The number of fused-ring (bicyclic) bond motifs is 3. The van der Waals surface area contributed by atoms with Crippen LogP contribution in [0.2, 0.25) is 0 Å². The highest BCUT2D eigenvalue weighted by Crippen LogP contribution is 2.36. The van der Waals surface area contributed by atoms with E-state index >= 15 is 0 Å². The van der Waals surface area contributed by atoms with Crippen molar-refractivity contribution in [2.24, 2.45) is 0 Å². The molecule has 0 amide bonds. The summed E-state index contributed by atoms with van der Waals surface area (Å²) in [5.41, 5.74) is 2.16. The third-order valence-electron chi connectivity index (χ3n) is 2.27. The zero-order valence-corrected chi connectivity index (χ0v) is 7.44. The Morgan fingerprint density at radius 1 is 1.00 bits per heavy atom. The third-order valence-corrected chi connectivity index (χ3v) is 2.27. The summed E-state index contributed by atoms with van der Waals surface area (Å²) >= 11 is 0. The molecule has 0 N–H and O–H groups in total. The number of rotatable bonds is 0. The fraction of sp³-hybridized carbons (Fsp3) is 0. The average molecular weight is 184 g/mol. The SMILES string of the molecule is C1=COC2=COc3ccccc3C2=C1. The van der Waals surface area contributed by atoms with Gasteiger partial charge in [0.1, 0.15) is 12.0 Å². The van der Waals surface area contributed by atoms with Crippen molar-refractivity contribution in [2.75, 3.05) is 0 Å². The summed E-state index contributed by atoms with van der Waals surface area (Å²) in [6, 6.07) is 7.92. The van der Waals surface area contributed by atoms with Crippen LogP contribution in [-0.4, -0.2) is 0 Å². The molecule has 0 atom stereocenters. The van der Waals surface area contributed by atoms with E-state index in [-0.39, 0.29) is 0 Å². The van der Waals surface area contributed by atoms with Crippen molar-refractivity contribution in [3.63, 3.8) is 0 Å². The molecule has 0 spiro atoms. The minimum atomic E-state index is 0.770. The molecule has 0 radical (unpaired) electrons. The predicted molar refractivity (Wildman–Crippen MR) is 53.4 cm³/mol. The Balaban J connectivity index is 2.22. The van der Waals surface area contributed by atoms with Gasteiger partial charge in [-0.25, -0.2) is 0 Å². The van der Waals surface area contributed by atoms with Gasteiger partial charge in [0, 0.05) is 11.1 Å². The van der Waals surface area contributed by atoms with Crippen LogP contribution in [0, 0.1) is 0 Å². The summed E-state index contributed by atoms with van der Waals surface area (Å²) in [7, 11) is 0. The van der Waals surface area contributed by atoms with Crippen LogP contribution in [0.3, 0.4) is 0 Å². The van der Waals surface area contributed by atoms with E-state index in [0.717, 1.165) is 22.6 Å². The van der Waals surface area contributed by atoms with Crippen LogP contribution in [0.5, 0.6) is 5.75 Å². The average Bonchev–Trinajstić information content (AvgIpc) is 2.29. The van der Waals surface area contributed by atoms with Gasteiger partial charge in [-0.2, -0.15) is 0 Å². The van der Waals surface area contributed by atoms with Crippen molar-refractivity contribution >= 4 is 5.57 Å². The van der Waals surface area contributed by atoms with Crippen molar-refractivity contribution in [3.05, 3.63) is 60.3 Å². The van der Waals surface area contributed by atoms with Crippen LogP contribution in [0.1, 0.15) is 5.56 Å². The van der Waals surface area contributed by atoms with Gasteiger partial charge >= 0.3 is 0 Å². The maximum Gasteiger partial charge on any atom is 0.169 e. The summed E-state index contributed by atoms with van der Waals surface area (Å²) in [5.74, 6) is 1.65. The molecule has 1 aromatic carbocycles. The lowest BCUT2D eigenvalue weighted by Crippen LogP contribution is -2.04. The molecule has 2 nitrogen and oxygen atoms in total. The second-order valence-electron chi connectivity index (χ2n) is 3.12. The minimum Gasteiger partial charge on any atom is -0.461 e. The van der Waals surface area contributed by atoms with Gasteiger partial charge in [0.15, 0.2) is 5.76 Å². The summed E-state index contributed by atoms with van der Waals surface area (Å²) < 4.78 is 10.8. The van der Waals surface area contributed by atoms with Crippen LogP contribution < -0.4 is 4.74 Å². The molecule has 3 rings (SSSR count). The second-order valence-corrected chi connectivity index (χ2v) is 3.12. The Hall–Kier alpha value is -1.96. The van der Waals surface area contributed by atoms with Crippen molar-refractivity contribution in [2.45, 2.75) is 0 Å². The largest absolute Gasteiger partial charge is 0.461 e. The fourth-order valence-corrected chi connectivity index (χ4v) is 1.62. The van der Waals surface area contributed by atoms with Gasteiger partial charge in [-0.1, -0.05) is 18.2 Å². The Bertz CT molecular complexity index is 467. The van der Waals surface area contributed by atoms with Crippen LogP contribution in [0.4, 0.5) is 0 Å². The lowest BCUT2D eigenvalue weighted by Gasteiger charge is -2.20. The number of allylic oxidation sites excluding steroid dienone is 3. The van der Waals surface area contributed by atoms with E-state index in [1.165, 1.54) is 0 Å². The Morgan fingerprint density at radius 3 is 2.93 bits per heavy atom. The Morgan fingerprint density at radius 2 is 1.93 bits per heavy atom. The molecule has 0 bridgehead atoms. The van der Waals surface area contributed by atoms with Crippen LogP contribution >= 0.6 is 0 Å². The molecule has 2 heterocycles. The summed E-state index contributed by atoms with van der Waals surface area (Å²) in [6.07, 6.45) is 7.19. The molecule has 2 aliphatic rings. The molecule has 2 heteroatoms. The Labute approximate surface area is 81.8 Å².